The van der Waals surface area contributed by atoms with E-state index in [4.69, 9.17) is 0 Å². The lowest BCUT2D eigenvalue weighted by Gasteiger charge is -2.21. The molecule has 0 bridgehead atoms. The molecule has 0 aliphatic carbocycles. The second-order valence-electron chi connectivity index (χ2n) is 5.05. The Kier molecular flexibility index (Phi) is 3.01. The number of aryl methyl sites for hydroxylation is 1. The summed E-state index contributed by atoms with van der Waals surface area (Å²) in [5.74, 6) is 0. The molecule has 2 nitrogen and oxygen atoms in total. The van der Waals surface area contributed by atoms with Crippen LogP contribution < -0.4 is 5.32 Å². The van der Waals surface area contributed by atoms with Gasteiger partial charge in [0, 0.05) is 30.1 Å². The van der Waals surface area contributed by atoms with E-state index in [1.807, 2.05) is 11.3 Å². The molecule has 1 N–H and O–H groups in total. The van der Waals surface area contributed by atoms with Gasteiger partial charge in [0.05, 0.1) is 0 Å². The molecule has 1 aromatic heterocycles. The SMILES string of the molecule is Cc1ccsc1CNC1CCN2CCCC12. The first-order chi connectivity index (χ1) is 7.84. The fraction of sp³-hybridized carbons (Fsp3) is 0.692. The monoisotopic (exact) mass is 236 g/mol. The van der Waals surface area contributed by atoms with E-state index in [0.29, 0.717) is 0 Å². The Hall–Kier alpha value is -0.380. The first-order valence-corrected chi connectivity index (χ1v) is 7.23. The van der Waals surface area contributed by atoms with Crippen molar-refractivity contribution in [3.8, 4) is 0 Å². The molecule has 2 unspecified atom stereocenters. The summed E-state index contributed by atoms with van der Waals surface area (Å²) >= 11 is 1.88. The number of hydrogen-bond donors (Lipinski definition) is 1. The predicted molar refractivity (Wildman–Crippen MR) is 68.9 cm³/mol. The number of nitrogens with one attached hydrogen (secondary N) is 1. The van der Waals surface area contributed by atoms with Crippen LogP contribution in [0.3, 0.4) is 0 Å². The van der Waals surface area contributed by atoms with E-state index < -0.39 is 0 Å². The van der Waals surface area contributed by atoms with E-state index in [0.717, 1.165) is 18.6 Å². The van der Waals surface area contributed by atoms with Crippen LogP contribution in [-0.2, 0) is 6.54 Å². The molecule has 0 saturated carbocycles. The molecular weight excluding hydrogens is 216 g/mol. The highest BCUT2D eigenvalue weighted by atomic mass is 32.1. The van der Waals surface area contributed by atoms with Gasteiger partial charge < -0.3 is 5.32 Å². The molecule has 0 radical (unpaired) electrons. The highest BCUT2D eigenvalue weighted by Gasteiger charge is 2.36. The second-order valence-corrected chi connectivity index (χ2v) is 6.05. The van der Waals surface area contributed by atoms with E-state index >= 15 is 0 Å². The maximum absolute atomic E-state index is 3.76. The Balaban J connectivity index is 1.58. The van der Waals surface area contributed by atoms with Gasteiger partial charge in [-0.3, -0.25) is 4.90 Å². The van der Waals surface area contributed by atoms with Crippen molar-refractivity contribution in [2.75, 3.05) is 13.1 Å². The van der Waals surface area contributed by atoms with Gasteiger partial charge in [-0.05, 0) is 49.7 Å². The molecule has 2 fully saturated rings. The van der Waals surface area contributed by atoms with Crippen LogP contribution in [0.4, 0.5) is 0 Å². The van der Waals surface area contributed by atoms with Crippen molar-refractivity contribution < 1.29 is 0 Å². The minimum Gasteiger partial charge on any atom is -0.307 e. The minimum atomic E-state index is 0.740. The highest BCUT2D eigenvalue weighted by molar-refractivity contribution is 7.10. The summed E-state index contributed by atoms with van der Waals surface area (Å²) in [5, 5.41) is 5.96. The van der Waals surface area contributed by atoms with Gasteiger partial charge >= 0.3 is 0 Å². The Morgan fingerprint density at radius 2 is 2.38 bits per heavy atom. The average molecular weight is 236 g/mol. The minimum absolute atomic E-state index is 0.740. The zero-order valence-electron chi connectivity index (χ0n) is 9.91. The molecule has 2 atom stereocenters. The lowest BCUT2D eigenvalue weighted by Crippen LogP contribution is -2.38. The molecule has 88 valence electrons. The smallest absolute Gasteiger partial charge is 0.0305 e. The van der Waals surface area contributed by atoms with Gasteiger partial charge in [0.2, 0.25) is 0 Å². The average Bonchev–Trinajstić information content (AvgIpc) is 2.92. The normalized spacial score (nSPS) is 29.8. The lowest BCUT2D eigenvalue weighted by atomic mass is 10.1. The first-order valence-electron chi connectivity index (χ1n) is 6.35. The molecule has 2 aliphatic heterocycles. The van der Waals surface area contributed by atoms with Crippen molar-refractivity contribution in [1.29, 1.82) is 0 Å². The van der Waals surface area contributed by atoms with Crippen molar-refractivity contribution >= 4 is 11.3 Å². The summed E-state index contributed by atoms with van der Waals surface area (Å²) in [6.07, 6.45) is 4.15. The molecule has 0 amide bonds. The molecule has 3 heteroatoms. The van der Waals surface area contributed by atoms with Crippen molar-refractivity contribution in [3.05, 3.63) is 21.9 Å². The van der Waals surface area contributed by atoms with E-state index in [1.54, 1.807) is 0 Å². The standard InChI is InChI=1S/C13H20N2S/c1-10-5-8-16-13(10)9-14-11-4-7-15-6-2-3-12(11)15/h5,8,11-12,14H,2-4,6-7,9H2,1H3. The number of thiophene rings is 1. The predicted octanol–water partition coefficient (Wildman–Crippen LogP) is 2.38. The first kappa shape index (κ1) is 10.8. The largest absolute Gasteiger partial charge is 0.307 e. The van der Waals surface area contributed by atoms with Gasteiger partial charge in [-0.25, -0.2) is 0 Å². The second kappa shape index (κ2) is 4.47. The highest BCUT2D eigenvalue weighted by Crippen LogP contribution is 2.28. The zero-order chi connectivity index (χ0) is 11.0. The van der Waals surface area contributed by atoms with Gasteiger partial charge in [0.1, 0.15) is 0 Å². The van der Waals surface area contributed by atoms with Crippen LogP contribution in [0.5, 0.6) is 0 Å². The third-order valence-electron chi connectivity index (χ3n) is 4.10. The number of hydrogen-bond acceptors (Lipinski definition) is 3. The fourth-order valence-corrected chi connectivity index (χ4v) is 3.99. The summed E-state index contributed by atoms with van der Waals surface area (Å²) in [7, 11) is 0. The molecule has 0 spiro atoms. The molecular formula is C13H20N2S. The van der Waals surface area contributed by atoms with Crippen molar-refractivity contribution in [2.45, 2.75) is 44.8 Å². The number of fused-ring (bicyclic) bond motifs is 1. The maximum atomic E-state index is 3.76. The molecule has 3 heterocycles. The van der Waals surface area contributed by atoms with Crippen LogP contribution in [-0.4, -0.2) is 30.1 Å². The van der Waals surface area contributed by atoms with Crippen LogP contribution in [0.2, 0.25) is 0 Å². The fourth-order valence-electron chi connectivity index (χ4n) is 3.13. The van der Waals surface area contributed by atoms with E-state index in [2.05, 4.69) is 28.6 Å². The van der Waals surface area contributed by atoms with Gasteiger partial charge in [-0.1, -0.05) is 0 Å². The van der Waals surface area contributed by atoms with Crippen LogP contribution in [0.25, 0.3) is 0 Å². The maximum Gasteiger partial charge on any atom is 0.0305 e. The van der Waals surface area contributed by atoms with Crippen molar-refractivity contribution in [2.24, 2.45) is 0 Å². The zero-order valence-corrected chi connectivity index (χ0v) is 10.7. The quantitative estimate of drug-likeness (QED) is 0.867. The van der Waals surface area contributed by atoms with Crippen molar-refractivity contribution in [3.63, 3.8) is 0 Å². The van der Waals surface area contributed by atoms with Gasteiger partial charge in [-0.15, -0.1) is 11.3 Å². The van der Waals surface area contributed by atoms with E-state index in [1.165, 1.54) is 42.8 Å². The lowest BCUT2D eigenvalue weighted by molar-refractivity contribution is 0.298. The van der Waals surface area contributed by atoms with Crippen LogP contribution >= 0.6 is 11.3 Å². The van der Waals surface area contributed by atoms with Crippen LogP contribution in [0.1, 0.15) is 29.7 Å². The van der Waals surface area contributed by atoms with E-state index in [9.17, 15) is 0 Å². The summed E-state index contributed by atoms with van der Waals surface area (Å²) in [6.45, 7) is 5.93. The molecule has 2 saturated heterocycles. The number of rotatable bonds is 3. The summed E-state index contributed by atoms with van der Waals surface area (Å²) < 4.78 is 0. The molecule has 3 rings (SSSR count). The number of nitrogens with zero attached hydrogens (tertiary/aromatic N) is 1. The molecule has 16 heavy (non-hydrogen) atoms. The third kappa shape index (κ3) is 1.92. The summed E-state index contributed by atoms with van der Waals surface area (Å²) in [5.41, 5.74) is 1.44. The molecule has 2 aliphatic rings. The van der Waals surface area contributed by atoms with E-state index in [-0.39, 0.29) is 0 Å². The van der Waals surface area contributed by atoms with Gasteiger partial charge in [0.25, 0.3) is 0 Å². The van der Waals surface area contributed by atoms with Crippen LogP contribution in [0.15, 0.2) is 11.4 Å². The topological polar surface area (TPSA) is 15.3 Å². The van der Waals surface area contributed by atoms with Crippen molar-refractivity contribution in [1.82, 2.24) is 10.2 Å². The Labute approximate surface area is 102 Å². The Morgan fingerprint density at radius 1 is 1.44 bits per heavy atom. The van der Waals surface area contributed by atoms with Crippen LogP contribution in [0, 0.1) is 6.92 Å². The Bertz CT molecular complexity index is 361. The van der Waals surface area contributed by atoms with Gasteiger partial charge in [-0.2, -0.15) is 0 Å². The summed E-state index contributed by atoms with van der Waals surface area (Å²) in [4.78, 5) is 4.18. The molecule has 0 aromatic carbocycles. The Morgan fingerprint density at radius 3 is 3.19 bits per heavy atom. The summed E-state index contributed by atoms with van der Waals surface area (Å²) in [6, 6.07) is 3.79. The molecule has 1 aromatic rings. The van der Waals surface area contributed by atoms with Gasteiger partial charge in [0.15, 0.2) is 0 Å². The third-order valence-corrected chi connectivity index (χ3v) is 5.12.